The molecule has 0 radical (unpaired) electrons. The van der Waals surface area contributed by atoms with Gasteiger partial charge in [0.1, 0.15) is 5.82 Å². The predicted octanol–water partition coefficient (Wildman–Crippen LogP) is 2.88. The summed E-state index contributed by atoms with van der Waals surface area (Å²) in [6.45, 7) is 7.66. The van der Waals surface area contributed by atoms with Gasteiger partial charge in [-0.15, -0.1) is 0 Å². The van der Waals surface area contributed by atoms with Crippen LogP contribution >= 0.6 is 0 Å². The molecule has 1 aromatic rings. The van der Waals surface area contributed by atoms with Crippen molar-refractivity contribution in [3.63, 3.8) is 0 Å². The molecule has 0 saturated carbocycles. The molecule has 0 atom stereocenters. The van der Waals surface area contributed by atoms with Crippen molar-refractivity contribution in [2.45, 2.75) is 19.8 Å². The molecule has 0 aliphatic carbocycles. The summed E-state index contributed by atoms with van der Waals surface area (Å²) >= 11 is 0. The van der Waals surface area contributed by atoms with Crippen molar-refractivity contribution >= 4 is 5.70 Å². The van der Waals surface area contributed by atoms with E-state index < -0.39 is 0 Å². The maximum absolute atomic E-state index is 12.9. The number of hydrogen-bond donors (Lipinski definition) is 1. The number of rotatable bonds is 2. The van der Waals surface area contributed by atoms with Gasteiger partial charge in [-0.3, -0.25) is 0 Å². The molecular formula is C11H14FN. The van der Waals surface area contributed by atoms with Crippen molar-refractivity contribution in [1.82, 2.24) is 0 Å². The van der Waals surface area contributed by atoms with E-state index in [0.29, 0.717) is 5.70 Å². The largest absolute Gasteiger partial charge is 0.399 e. The fourth-order valence-corrected chi connectivity index (χ4v) is 1.30. The molecule has 0 amide bonds. The van der Waals surface area contributed by atoms with Gasteiger partial charge in [-0.05, 0) is 29.7 Å². The van der Waals surface area contributed by atoms with Crippen LogP contribution in [-0.2, 0) is 0 Å². The highest BCUT2D eigenvalue weighted by atomic mass is 19.1. The van der Waals surface area contributed by atoms with Crippen molar-refractivity contribution < 1.29 is 4.39 Å². The van der Waals surface area contributed by atoms with Crippen LogP contribution in [0.3, 0.4) is 0 Å². The first-order valence-electron chi connectivity index (χ1n) is 4.26. The third-order valence-electron chi connectivity index (χ3n) is 1.98. The summed E-state index contributed by atoms with van der Waals surface area (Å²) in [4.78, 5) is 0. The number of benzene rings is 1. The Bertz CT molecular complexity index is 329. The zero-order valence-electron chi connectivity index (χ0n) is 7.97. The van der Waals surface area contributed by atoms with E-state index in [2.05, 4.69) is 6.58 Å². The van der Waals surface area contributed by atoms with E-state index in [4.69, 9.17) is 5.73 Å². The Labute approximate surface area is 78.1 Å². The summed E-state index contributed by atoms with van der Waals surface area (Å²) < 4.78 is 12.9. The summed E-state index contributed by atoms with van der Waals surface area (Å²) in [5, 5.41) is 0. The quantitative estimate of drug-likeness (QED) is 0.742. The summed E-state index contributed by atoms with van der Waals surface area (Å²) in [5.74, 6) is 0.0275. The van der Waals surface area contributed by atoms with Crippen LogP contribution in [-0.4, -0.2) is 0 Å². The zero-order chi connectivity index (χ0) is 10.0. The van der Waals surface area contributed by atoms with Crippen LogP contribution in [0.4, 0.5) is 4.39 Å². The van der Waals surface area contributed by atoms with Gasteiger partial charge in [0.15, 0.2) is 0 Å². The molecule has 2 heteroatoms. The molecule has 0 bridgehead atoms. The minimum atomic E-state index is -0.228. The van der Waals surface area contributed by atoms with Gasteiger partial charge in [0.2, 0.25) is 0 Å². The first-order valence-corrected chi connectivity index (χ1v) is 4.26. The molecule has 1 rings (SSSR count). The maximum Gasteiger partial charge on any atom is 0.123 e. The fourth-order valence-electron chi connectivity index (χ4n) is 1.30. The summed E-state index contributed by atoms with van der Waals surface area (Å²) in [5.41, 5.74) is 7.83. The van der Waals surface area contributed by atoms with Crippen LogP contribution in [0.1, 0.15) is 30.9 Å². The van der Waals surface area contributed by atoms with Crippen LogP contribution in [0.5, 0.6) is 0 Å². The highest BCUT2D eigenvalue weighted by Crippen LogP contribution is 2.23. The molecule has 0 aliphatic rings. The number of halogens is 1. The molecule has 2 N–H and O–H groups in total. The summed E-state index contributed by atoms with van der Waals surface area (Å²) in [6, 6.07) is 4.59. The topological polar surface area (TPSA) is 26.0 Å². The van der Waals surface area contributed by atoms with E-state index >= 15 is 0 Å². The summed E-state index contributed by atoms with van der Waals surface area (Å²) in [6.07, 6.45) is 0. The normalized spacial score (nSPS) is 10.5. The second kappa shape index (κ2) is 3.60. The Hall–Kier alpha value is -1.31. The van der Waals surface area contributed by atoms with Gasteiger partial charge < -0.3 is 5.73 Å². The SMILES string of the molecule is C=C(N)c1ccc(F)cc1C(C)C. The predicted molar refractivity (Wildman–Crippen MR) is 53.7 cm³/mol. The van der Waals surface area contributed by atoms with Crippen LogP contribution in [0.2, 0.25) is 0 Å². The van der Waals surface area contributed by atoms with Crippen molar-refractivity contribution in [3.05, 3.63) is 41.7 Å². The lowest BCUT2D eigenvalue weighted by Gasteiger charge is -2.12. The van der Waals surface area contributed by atoms with E-state index in [-0.39, 0.29) is 11.7 Å². The average molecular weight is 179 g/mol. The van der Waals surface area contributed by atoms with E-state index in [0.717, 1.165) is 11.1 Å². The third-order valence-corrected chi connectivity index (χ3v) is 1.98. The average Bonchev–Trinajstić information content (AvgIpc) is 2.03. The monoisotopic (exact) mass is 179 g/mol. The zero-order valence-corrected chi connectivity index (χ0v) is 7.97. The van der Waals surface area contributed by atoms with Gasteiger partial charge in [-0.1, -0.05) is 20.4 Å². The van der Waals surface area contributed by atoms with Gasteiger partial charge in [0.05, 0.1) is 0 Å². The van der Waals surface area contributed by atoms with Gasteiger partial charge in [0.25, 0.3) is 0 Å². The standard InChI is InChI=1S/C11H14FN/c1-7(2)11-6-9(12)4-5-10(11)8(3)13/h4-7H,3,13H2,1-2H3. The van der Waals surface area contributed by atoms with Crippen molar-refractivity contribution in [3.8, 4) is 0 Å². The molecule has 0 saturated heterocycles. The van der Waals surface area contributed by atoms with E-state index in [9.17, 15) is 4.39 Å². The first kappa shape index (κ1) is 9.78. The van der Waals surface area contributed by atoms with E-state index in [1.54, 1.807) is 6.07 Å². The van der Waals surface area contributed by atoms with Crippen molar-refractivity contribution in [2.24, 2.45) is 5.73 Å². The van der Waals surface area contributed by atoms with Gasteiger partial charge >= 0.3 is 0 Å². The molecular weight excluding hydrogens is 165 g/mol. The second-order valence-corrected chi connectivity index (χ2v) is 3.41. The lowest BCUT2D eigenvalue weighted by molar-refractivity contribution is 0.623. The molecule has 1 nitrogen and oxygen atoms in total. The summed E-state index contributed by atoms with van der Waals surface area (Å²) in [7, 11) is 0. The molecule has 0 aromatic heterocycles. The van der Waals surface area contributed by atoms with Crippen LogP contribution in [0.25, 0.3) is 5.70 Å². The molecule has 0 spiro atoms. The minimum absolute atomic E-state index is 0.228. The maximum atomic E-state index is 12.9. The highest BCUT2D eigenvalue weighted by Gasteiger charge is 2.08. The van der Waals surface area contributed by atoms with Gasteiger partial charge in [-0.2, -0.15) is 0 Å². The number of nitrogens with two attached hydrogens (primary N) is 1. The lowest BCUT2D eigenvalue weighted by Crippen LogP contribution is -2.01. The third kappa shape index (κ3) is 2.08. The van der Waals surface area contributed by atoms with Crippen molar-refractivity contribution in [1.29, 1.82) is 0 Å². The fraction of sp³-hybridized carbons (Fsp3) is 0.273. The van der Waals surface area contributed by atoms with Crippen LogP contribution in [0, 0.1) is 5.82 Å². The molecule has 0 heterocycles. The molecule has 0 aliphatic heterocycles. The first-order chi connectivity index (χ1) is 6.02. The molecule has 13 heavy (non-hydrogen) atoms. The number of hydrogen-bond acceptors (Lipinski definition) is 1. The lowest BCUT2D eigenvalue weighted by atomic mass is 9.96. The van der Waals surface area contributed by atoms with Crippen LogP contribution < -0.4 is 5.73 Å². The molecule has 70 valence electrons. The van der Waals surface area contributed by atoms with Gasteiger partial charge in [0, 0.05) is 11.3 Å². The minimum Gasteiger partial charge on any atom is -0.399 e. The molecule has 0 unspecified atom stereocenters. The van der Waals surface area contributed by atoms with Crippen molar-refractivity contribution in [2.75, 3.05) is 0 Å². The molecule has 0 fully saturated rings. The Morgan fingerprint density at radius 3 is 2.54 bits per heavy atom. The highest BCUT2D eigenvalue weighted by molar-refractivity contribution is 5.64. The Morgan fingerprint density at radius 1 is 1.46 bits per heavy atom. The van der Waals surface area contributed by atoms with E-state index in [1.165, 1.54) is 12.1 Å². The second-order valence-electron chi connectivity index (χ2n) is 3.41. The van der Waals surface area contributed by atoms with E-state index in [1.807, 2.05) is 13.8 Å². The Morgan fingerprint density at radius 2 is 2.08 bits per heavy atom. The smallest absolute Gasteiger partial charge is 0.123 e. The Kier molecular flexibility index (Phi) is 2.71. The Balaban J connectivity index is 3.26. The molecule has 1 aromatic carbocycles. The van der Waals surface area contributed by atoms with Gasteiger partial charge in [-0.25, -0.2) is 4.39 Å². The van der Waals surface area contributed by atoms with Crippen LogP contribution in [0.15, 0.2) is 24.8 Å².